The third-order valence-electron chi connectivity index (χ3n) is 7.67. The minimum absolute atomic E-state index is 0.344. The molecule has 0 aromatic heterocycles. The first-order chi connectivity index (χ1) is 18.9. The molecule has 0 unspecified atom stereocenters. The van der Waals surface area contributed by atoms with E-state index in [1.807, 2.05) is 0 Å². The van der Waals surface area contributed by atoms with Gasteiger partial charge in [0.2, 0.25) is 0 Å². The number of hydrogen-bond acceptors (Lipinski definition) is 2. The summed E-state index contributed by atoms with van der Waals surface area (Å²) in [7, 11) is 0. The zero-order chi connectivity index (χ0) is 29.2. The zero-order valence-corrected chi connectivity index (χ0v) is 26.8. The van der Waals surface area contributed by atoms with E-state index < -0.39 is 11.9 Å². The van der Waals surface area contributed by atoms with Crippen LogP contribution >= 0.6 is 0 Å². The van der Waals surface area contributed by atoms with Gasteiger partial charge in [-0.15, -0.1) is 0 Å². The second-order valence-electron chi connectivity index (χ2n) is 12.3. The maximum absolute atomic E-state index is 10.3. The van der Waals surface area contributed by atoms with Crippen LogP contribution in [0.1, 0.15) is 207 Å². The normalized spacial score (nSPS) is 11.0. The van der Waals surface area contributed by atoms with Crippen molar-refractivity contribution in [2.24, 2.45) is 5.92 Å². The number of hydrogen-bond donors (Lipinski definition) is 2. The average Bonchev–Trinajstić information content (AvgIpc) is 2.89. The fourth-order valence-electron chi connectivity index (χ4n) is 5.07. The van der Waals surface area contributed by atoms with Gasteiger partial charge in [0.05, 0.1) is 0 Å². The highest BCUT2D eigenvalue weighted by Gasteiger charge is 1.99. The smallest absolute Gasteiger partial charge is 0.303 e. The van der Waals surface area contributed by atoms with Crippen LogP contribution in [0.4, 0.5) is 0 Å². The summed E-state index contributed by atoms with van der Waals surface area (Å²) in [6.45, 7) is 6.87. The van der Waals surface area contributed by atoms with Crippen LogP contribution in [0.15, 0.2) is 0 Å². The molecule has 0 spiro atoms. The highest BCUT2D eigenvalue weighted by atomic mass is 16.4. The van der Waals surface area contributed by atoms with Crippen LogP contribution in [0.5, 0.6) is 0 Å². The van der Waals surface area contributed by atoms with Gasteiger partial charge in [-0.05, 0) is 18.8 Å². The van der Waals surface area contributed by atoms with E-state index in [4.69, 9.17) is 10.2 Å². The molecular weight excluding hydrogens is 484 g/mol. The van der Waals surface area contributed by atoms with Crippen molar-refractivity contribution in [2.45, 2.75) is 207 Å². The minimum atomic E-state index is -0.655. The van der Waals surface area contributed by atoms with Gasteiger partial charge < -0.3 is 10.2 Å². The van der Waals surface area contributed by atoms with Crippen molar-refractivity contribution in [2.75, 3.05) is 0 Å². The van der Waals surface area contributed by atoms with E-state index >= 15 is 0 Å². The number of aliphatic carboxylic acids is 2. The Morgan fingerprint density at radius 1 is 0.410 bits per heavy atom. The van der Waals surface area contributed by atoms with Crippen molar-refractivity contribution in [3.8, 4) is 0 Å². The zero-order valence-electron chi connectivity index (χ0n) is 26.8. The maximum atomic E-state index is 10.3. The van der Waals surface area contributed by atoms with Gasteiger partial charge in [0.1, 0.15) is 0 Å². The monoisotopic (exact) mass is 555 g/mol. The van der Waals surface area contributed by atoms with Crippen LogP contribution in [0.2, 0.25) is 0 Å². The minimum Gasteiger partial charge on any atom is -0.481 e. The number of unbranched alkanes of at least 4 members (excludes halogenated alkanes) is 24. The van der Waals surface area contributed by atoms with Crippen LogP contribution in [0.25, 0.3) is 0 Å². The second-order valence-corrected chi connectivity index (χ2v) is 12.3. The first-order valence-corrected chi connectivity index (χ1v) is 17.3. The molecule has 0 saturated heterocycles. The summed E-state index contributed by atoms with van der Waals surface area (Å²) in [6, 6.07) is 0. The lowest BCUT2D eigenvalue weighted by Gasteiger charge is -2.04. The largest absolute Gasteiger partial charge is 0.481 e. The summed E-state index contributed by atoms with van der Waals surface area (Å²) in [4.78, 5) is 20.7. The van der Waals surface area contributed by atoms with Crippen molar-refractivity contribution >= 4 is 11.9 Å². The SMILES string of the molecule is CC(C)CCCCCCCCCCCCCC(=O)O.CCCCCCCCCCCCCCCCCC(=O)O. The molecule has 4 nitrogen and oxygen atoms in total. The fraction of sp³-hybridized carbons (Fsp3) is 0.943. The first-order valence-electron chi connectivity index (χ1n) is 17.3. The standard InChI is InChI=1S/C18H36O2.C17H34O2/c1-2-3-4-5-6-7-8-9-10-11-12-13-14-15-16-17-18(19)20;1-16(2)14-12-10-8-6-4-3-5-7-9-11-13-15-17(18)19/h2-17H2,1H3,(H,19,20);16H,3-15H2,1-2H3,(H,18,19). The Morgan fingerprint density at radius 2 is 0.641 bits per heavy atom. The molecule has 0 atom stereocenters. The summed E-state index contributed by atoms with van der Waals surface area (Å²) in [6.07, 6.45) is 36.1. The molecule has 0 aliphatic rings. The topological polar surface area (TPSA) is 74.6 Å². The number of carboxylic acids is 2. The molecule has 39 heavy (non-hydrogen) atoms. The van der Waals surface area contributed by atoms with Gasteiger partial charge in [-0.3, -0.25) is 9.59 Å². The molecule has 0 bridgehead atoms. The Balaban J connectivity index is 0. The van der Waals surface area contributed by atoms with Crippen LogP contribution in [0.3, 0.4) is 0 Å². The van der Waals surface area contributed by atoms with Crippen molar-refractivity contribution in [1.29, 1.82) is 0 Å². The van der Waals surface area contributed by atoms with Crippen molar-refractivity contribution < 1.29 is 19.8 Å². The van der Waals surface area contributed by atoms with Gasteiger partial charge >= 0.3 is 11.9 Å². The Labute approximate surface area is 244 Å². The Morgan fingerprint density at radius 3 is 0.872 bits per heavy atom. The first kappa shape index (κ1) is 40.1. The van der Waals surface area contributed by atoms with Crippen LogP contribution in [-0.4, -0.2) is 22.2 Å². The third-order valence-corrected chi connectivity index (χ3v) is 7.67. The summed E-state index contributed by atoms with van der Waals surface area (Å²) >= 11 is 0. The van der Waals surface area contributed by atoms with Crippen LogP contribution in [-0.2, 0) is 9.59 Å². The van der Waals surface area contributed by atoms with E-state index in [1.165, 1.54) is 148 Å². The predicted octanol–water partition coefficient (Wildman–Crippen LogP) is 12.1. The molecule has 0 aliphatic heterocycles. The Hall–Kier alpha value is -1.06. The average molecular weight is 555 g/mol. The molecule has 0 aromatic rings. The molecule has 2 N–H and O–H groups in total. The van der Waals surface area contributed by atoms with E-state index in [0.717, 1.165) is 31.6 Å². The maximum Gasteiger partial charge on any atom is 0.303 e. The molecule has 0 aromatic carbocycles. The third kappa shape index (κ3) is 44.2. The predicted molar refractivity (Wildman–Crippen MR) is 170 cm³/mol. The molecule has 4 heteroatoms. The number of rotatable bonds is 30. The molecule has 0 fully saturated rings. The van der Waals surface area contributed by atoms with Gasteiger partial charge in [-0.1, -0.05) is 181 Å². The lowest BCUT2D eigenvalue weighted by Crippen LogP contribution is -1.93. The molecule has 0 saturated carbocycles. The summed E-state index contributed by atoms with van der Waals surface area (Å²) < 4.78 is 0. The summed E-state index contributed by atoms with van der Waals surface area (Å²) in [5.41, 5.74) is 0. The van der Waals surface area contributed by atoms with Gasteiger partial charge in [0.25, 0.3) is 0 Å². The molecular formula is C35H70O4. The van der Waals surface area contributed by atoms with Gasteiger partial charge in [0.15, 0.2) is 0 Å². The second kappa shape index (κ2) is 35.0. The van der Waals surface area contributed by atoms with Crippen molar-refractivity contribution in [3.63, 3.8) is 0 Å². The van der Waals surface area contributed by atoms with Crippen LogP contribution < -0.4 is 0 Å². The molecule has 234 valence electrons. The molecule has 0 radical (unpaired) electrons. The Kier molecular flexibility index (Phi) is 35.9. The van der Waals surface area contributed by atoms with Gasteiger partial charge in [0, 0.05) is 12.8 Å². The van der Waals surface area contributed by atoms with E-state index in [2.05, 4.69) is 20.8 Å². The van der Waals surface area contributed by atoms with Crippen LogP contribution in [0, 0.1) is 5.92 Å². The molecule has 0 amide bonds. The summed E-state index contributed by atoms with van der Waals surface area (Å²) in [5, 5.41) is 17.0. The molecule has 0 heterocycles. The van der Waals surface area contributed by atoms with Gasteiger partial charge in [-0.2, -0.15) is 0 Å². The lowest BCUT2D eigenvalue weighted by molar-refractivity contribution is -0.138. The molecule has 0 rings (SSSR count). The Bertz CT molecular complexity index is 489. The highest BCUT2D eigenvalue weighted by molar-refractivity contribution is 5.66. The van der Waals surface area contributed by atoms with E-state index in [0.29, 0.717) is 12.8 Å². The van der Waals surface area contributed by atoms with E-state index in [9.17, 15) is 9.59 Å². The number of carbonyl (C=O) groups is 2. The van der Waals surface area contributed by atoms with Gasteiger partial charge in [-0.25, -0.2) is 0 Å². The van der Waals surface area contributed by atoms with Crippen molar-refractivity contribution in [3.05, 3.63) is 0 Å². The summed E-state index contributed by atoms with van der Waals surface area (Å²) in [5.74, 6) is -0.446. The quantitative estimate of drug-likeness (QED) is 0.0866. The van der Waals surface area contributed by atoms with E-state index in [1.54, 1.807) is 0 Å². The fourth-order valence-corrected chi connectivity index (χ4v) is 5.07. The molecule has 0 aliphatic carbocycles. The number of carboxylic acid groups (broad SMARTS) is 2. The van der Waals surface area contributed by atoms with Crippen molar-refractivity contribution in [1.82, 2.24) is 0 Å². The van der Waals surface area contributed by atoms with E-state index in [-0.39, 0.29) is 0 Å². The highest BCUT2D eigenvalue weighted by Crippen LogP contribution is 2.15. The lowest BCUT2D eigenvalue weighted by atomic mass is 10.0.